The normalized spacial score (nSPS) is 43.8. The highest BCUT2D eigenvalue weighted by Crippen LogP contribution is 2.60. The van der Waals surface area contributed by atoms with Crippen molar-refractivity contribution in [2.45, 2.75) is 45.4 Å². The molecule has 17 heavy (non-hydrogen) atoms. The van der Waals surface area contributed by atoms with Crippen molar-refractivity contribution in [3.63, 3.8) is 0 Å². The van der Waals surface area contributed by atoms with E-state index in [2.05, 4.69) is 17.5 Å². The van der Waals surface area contributed by atoms with E-state index >= 15 is 0 Å². The van der Waals surface area contributed by atoms with E-state index in [0.717, 1.165) is 23.5 Å². The molecule has 0 atom stereocenters. The van der Waals surface area contributed by atoms with Gasteiger partial charge in [-0.1, -0.05) is 0 Å². The Morgan fingerprint density at radius 1 is 1.18 bits per heavy atom. The molecule has 0 unspecified atom stereocenters. The molecule has 4 bridgehead atoms. The number of carbonyl (C=O) groups is 1. The van der Waals surface area contributed by atoms with Gasteiger partial charge in [-0.05, 0) is 63.2 Å². The second kappa shape index (κ2) is 3.72. The van der Waals surface area contributed by atoms with Gasteiger partial charge in [0.1, 0.15) is 0 Å². The topological polar surface area (TPSA) is 67.5 Å². The third-order valence-corrected chi connectivity index (χ3v) is 5.14. The number of hydrogen-bond acceptors (Lipinski definition) is 2. The minimum atomic E-state index is -0.561. The van der Waals surface area contributed by atoms with Crippen molar-refractivity contribution in [1.82, 2.24) is 5.43 Å². The van der Waals surface area contributed by atoms with Crippen molar-refractivity contribution in [2.75, 3.05) is 0 Å². The second-order valence-corrected chi connectivity index (χ2v) is 6.37. The van der Waals surface area contributed by atoms with Crippen LogP contribution in [0.1, 0.15) is 45.4 Å². The van der Waals surface area contributed by atoms with E-state index < -0.39 is 6.03 Å². The number of rotatable bonds is 2. The van der Waals surface area contributed by atoms with Crippen LogP contribution in [0.4, 0.5) is 4.79 Å². The van der Waals surface area contributed by atoms with Crippen LogP contribution in [0.5, 0.6) is 0 Å². The van der Waals surface area contributed by atoms with Crippen LogP contribution in [0.3, 0.4) is 0 Å². The molecule has 0 saturated heterocycles. The van der Waals surface area contributed by atoms with E-state index in [9.17, 15) is 4.79 Å². The third-order valence-electron chi connectivity index (χ3n) is 5.14. The number of primary amides is 1. The fourth-order valence-corrected chi connectivity index (χ4v) is 4.81. The minimum Gasteiger partial charge on any atom is -0.350 e. The summed E-state index contributed by atoms with van der Waals surface area (Å²) in [4.78, 5) is 10.7. The van der Waals surface area contributed by atoms with Crippen molar-refractivity contribution >= 4 is 11.7 Å². The molecule has 3 N–H and O–H groups in total. The molecule has 0 radical (unpaired) electrons. The zero-order chi connectivity index (χ0) is 12.0. The van der Waals surface area contributed by atoms with Crippen molar-refractivity contribution in [3.05, 3.63) is 0 Å². The Balaban J connectivity index is 1.81. The van der Waals surface area contributed by atoms with Crippen LogP contribution in [0.15, 0.2) is 5.10 Å². The maximum Gasteiger partial charge on any atom is 0.332 e. The lowest BCUT2D eigenvalue weighted by molar-refractivity contribution is -0.0128. The Hall–Kier alpha value is -1.06. The van der Waals surface area contributed by atoms with Crippen molar-refractivity contribution in [3.8, 4) is 0 Å². The van der Waals surface area contributed by atoms with Gasteiger partial charge in [0.2, 0.25) is 0 Å². The maximum atomic E-state index is 10.7. The summed E-state index contributed by atoms with van der Waals surface area (Å²) in [5, 5.41) is 4.21. The maximum absolute atomic E-state index is 10.7. The molecule has 0 spiro atoms. The van der Waals surface area contributed by atoms with Gasteiger partial charge in [0.15, 0.2) is 0 Å². The van der Waals surface area contributed by atoms with Crippen LogP contribution in [-0.2, 0) is 0 Å². The van der Waals surface area contributed by atoms with Crippen molar-refractivity contribution in [1.29, 1.82) is 0 Å². The molecule has 4 heteroatoms. The first-order valence-corrected chi connectivity index (χ1v) is 6.67. The van der Waals surface area contributed by atoms with Gasteiger partial charge in [0, 0.05) is 11.1 Å². The van der Waals surface area contributed by atoms with E-state index in [1.54, 1.807) is 0 Å². The van der Waals surface area contributed by atoms with Crippen LogP contribution in [0.25, 0.3) is 0 Å². The number of hydrazone groups is 1. The van der Waals surface area contributed by atoms with Gasteiger partial charge >= 0.3 is 6.03 Å². The number of carbonyl (C=O) groups excluding carboxylic acids is 1. The summed E-state index contributed by atoms with van der Waals surface area (Å²) in [5.74, 6) is 2.71. The van der Waals surface area contributed by atoms with Crippen LogP contribution < -0.4 is 11.2 Å². The highest BCUT2D eigenvalue weighted by molar-refractivity contribution is 5.89. The van der Waals surface area contributed by atoms with Crippen LogP contribution in [0, 0.1) is 23.2 Å². The van der Waals surface area contributed by atoms with E-state index in [4.69, 9.17) is 5.73 Å². The molecule has 4 aliphatic rings. The van der Waals surface area contributed by atoms with Gasteiger partial charge in [-0.3, -0.25) is 0 Å². The first kappa shape index (κ1) is 11.1. The van der Waals surface area contributed by atoms with Gasteiger partial charge in [-0.2, -0.15) is 5.10 Å². The van der Waals surface area contributed by atoms with Gasteiger partial charge in [-0.25, -0.2) is 10.2 Å². The predicted octanol–water partition coefficient (Wildman–Crippen LogP) is 2.25. The summed E-state index contributed by atoms with van der Waals surface area (Å²) < 4.78 is 0. The summed E-state index contributed by atoms with van der Waals surface area (Å²) in [6.07, 6.45) is 8.10. The average molecular weight is 235 g/mol. The first-order valence-electron chi connectivity index (χ1n) is 6.67. The molecule has 0 heterocycles. The molecule has 4 saturated carbocycles. The Morgan fingerprint density at radius 3 is 2.06 bits per heavy atom. The number of urea groups is 1. The molecular weight excluding hydrogens is 214 g/mol. The zero-order valence-corrected chi connectivity index (χ0v) is 10.4. The summed E-state index contributed by atoms with van der Waals surface area (Å²) in [6.45, 7) is 2.06. The van der Waals surface area contributed by atoms with E-state index in [1.165, 1.54) is 38.5 Å². The summed E-state index contributed by atoms with van der Waals surface area (Å²) in [6, 6.07) is -0.561. The summed E-state index contributed by atoms with van der Waals surface area (Å²) in [7, 11) is 0. The average Bonchev–Trinajstić information content (AvgIpc) is 2.23. The Kier molecular flexibility index (Phi) is 2.42. The van der Waals surface area contributed by atoms with Crippen molar-refractivity contribution in [2.24, 2.45) is 34.0 Å². The van der Waals surface area contributed by atoms with Crippen LogP contribution in [-0.4, -0.2) is 11.7 Å². The zero-order valence-electron chi connectivity index (χ0n) is 10.4. The Morgan fingerprint density at radius 2 is 1.65 bits per heavy atom. The predicted molar refractivity (Wildman–Crippen MR) is 66.4 cm³/mol. The standard InChI is InChI=1S/C13H21N3O/c1-8(15-16-12(14)17)13-5-9-2-10(6-13)4-11(3-9)7-13/h9-11H,2-7H2,1H3,(H3,14,16,17). The number of amides is 2. The summed E-state index contributed by atoms with van der Waals surface area (Å²) >= 11 is 0. The number of nitrogens with zero attached hydrogens (tertiary/aromatic N) is 1. The van der Waals surface area contributed by atoms with Gasteiger partial charge in [-0.15, -0.1) is 0 Å². The monoisotopic (exact) mass is 235 g/mol. The Labute approximate surface area is 102 Å². The molecule has 2 amide bonds. The highest BCUT2D eigenvalue weighted by Gasteiger charge is 2.52. The quantitative estimate of drug-likeness (QED) is 0.559. The number of nitrogens with one attached hydrogen (secondary N) is 1. The smallest absolute Gasteiger partial charge is 0.332 e. The highest BCUT2D eigenvalue weighted by atomic mass is 16.2. The largest absolute Gasteiger partial charge is 0.350 e. The first-order chi connectivity index (χ1) is 8.07. The third kappa shape index (κ3) is 1.83. The lowest BCUT2D eigenvalue weighted by Crippen LogP contribution is -2.49. The van der Waals surface area contributed by atoms with E-state index in [-0.39, 0.29) is 5.41 Å². The molecule has 94 valence electrons. The van der Waals surface area contributed by atoms with Gasteiger partial charge in [0.25, 0.3) is 0 Å². The second-order valence-electron chi connectivity index (χ2n) is 6.37. The molecule has 4 rings (SSSR count). The molecule has 0 aliphatic heterocycles. The summed E-state index contributed by atoms with van der Waals surface area (Å²) in [5.41, 5.74) is 8.84. The SMILES string of the molecule is CC(=NNC(N)=O)C12CC3CC(CC(C3)C1)C2. The molecule has 4 aliphatic carbocycles. The van der Waals surface area contributed by atoms with E-state index in [1.807, 2.05) is 0 Å². The fraction of sp³-hybridized carbons (Fsp3) is 0.846. The minimum absolute atomic E-state index is 0.275. The lowest BCUT2D eigenvalue weighted by atomic mass is 9.48. The van der Waals surface area contributed by atoms with Gasteiger partial charge < -0.3 is 5.73 Å². The fourth-order valence-electron chi connectivity index (χ4n) is 4.81. The molecule has 0 aromatic carbocycles. The molecule has 4 fully saturated rings. The molecule has 0 aromatic rings. The molecule has 4 nitrogen and oxygen atoms in total. The molecular formula is C13H21N3O. The number of hydrogen-bond donors (Lipinski definition) is 2. The van der Waals surface area contributed by atoms with Crippen LogP contribution in [0.2, 0.25) is 0 Å². The van der Waals surface area contributed by atoms with Crippen LogP contribution >= 0.6 is 0 Å². The van der Waals surface area contributed by atoms with Crippen molar-refractivity contribution < 1.29 is 4.79 Å². The van der Waals surface area contributed by atoms with Gasteiger partial charge in [0.05, 0.1) is 0 Å². The Bertz CT molecular complexity index is 340. The number of nitrogens with two attached hydrogens (primary N) is 1. The van der Waals surface area contributed by atoms with E-state index in [0.29, 0.717) is 0 Å². The molecule has 0 aromatic heterocycles. The lowest BCUT2D eigenvalue weighted by Gasteiger charge is -2.56.